The summed E-state index contributed by atoms with van der Waals surface area (Å²) in [5, 5.41) is 6.64. The molecular formula is C13H17ClN2O. The standard InChI is InChI=1S/C13H17ClN2O/c1-3-8-16-13(17)7-9-15-12-6-4-5-11(14)10(12)2/h3-6,15H,1,7-9H2,2H3,(H,16,17). The van der Waals surface area contributed by atoms with Gasteiger partial charge in [-0.1, -0.05) is 23.7 Å². The lowest BCUT2D eigenvalue weighted by Gasteiger charge is -2.10. The van der Waals surface area contributed by atoms with Crippen LogP contribution in [0.25, 0.3) is 0 Å². The molecule has 0 aliphatic heterocycles. The highest BCUT2D eigenvalue weighted by Gasteiger charge is 2.03. The highest BCUT2D eigenvalue weighted by Crippen LogP contribution is 2.22. The van der Waals surface area contributed by atoms with Crippen molar-refractivity contribution in [1.29, 1.82) is 0 Å². The van der Waals surface area contributed by atoms with Crippen LogP contribution in [-0.4, -0.2) is 19.0 Å². The Morgan fingerprint density at radius 2 is 2.29 bits per heavy atom. The minimum atomic E-state index is 0.0112. The molecule has 17 heavy (non-hydrogen) atoms. The summed E-state index contributed by atoms with van der Waals surface area (Å²) in [5.41, 5.74) is 1.97. The zero-order valence-electron chi connectivity index (χ0n) is 9.92. The number of carbonyl (C=O) groups is 1. The number of carbonyl (C=O) groups excluding carboxylic acids is 1. The van der Waals surface area contributed by atoms with Gasteiger partial charge in [-0.3, -0.25) is 4.79 Å². The molecule has 1 aromatic carbocycles. The lowest BCUT2D eigenvalue weighted by atomic mass is 10.2. The smallest absolute Gasteiger partial charge is 0.222 e. The van der Waals surface area contributed by atoms with E-state index in [-0.39, 0.29) is 5.91 Å². The highest BCUT2D eigenvalue weighted by molar-refractivity contribution is 6.31. The molecule has 3 nitrogen and oxygen atoms in total. The van der Waals surface area contributed by atoms with E-state index in [9.17, 15) is 4.79 Å². The summed E-state index contributed by atoms with van der Waals surface area (Å²) in [6.45, 7) is 6.58. The Hall–Kier alpha value is -1.48. The fraction of sp³-hybridized carbons (Fsp3) is 0.308. The van der Waals surface area contributed by atoms with Crippen LogP contribution in [0.2, 0.25) is 5.02 Å². The largest absolute Gasteiger partial charge is 0.384 e. The summed E-state index contributed by atoms with van der Waals surface area (Å²) in [7, 11) is 0. The molecule has 0 unspecified atom stereocenters. The first-order chi connectivity index (χ1) is 8.15. The number of hydrogen-bond donors (Lipinski definition) is 2. The molecule has 0 aliphatic rings. The Morgan fingerprint density at radius 1 is 1.53 bits per heavy atom. The minimum absolute atomic E-state index is 0.0112. The van der Waals surface area contributed by atoms with E-state index in [0.717, 1.165) is 16.3 Å². The number of hydrogen-bond acceptors (Lipinski definition) is 2. The van der Waals surface area contributed by atoms with E-state index in [1.54, 1.807) is 6.08 Å². The van der Waals surface area contributed by atoms with E-state index < -0.39 is 0 Å². The maximum absolute atomic E-state index is 11.3. The molecule has 0 saturated carbocycles. The summed E-state index contributed by atoms with van der Waals surface area (Å²) in [4.78, 5) is 11.3. The first-order valence-corrected chi connectivity index (χ1v) is 5.89. The van der Waals surface area contributed by atoms with E-state index in [1.807, 2.05) is 25.1 Å². The van der Waals surface area contributed by atoms with Gasteiger partial charge < -0.3 is 10.6 Å². The molecule has 0 atom stereocenters. The van der Waals surface area contributed by atoms with Crippen LogP contribution in [0.4, 0.5) is 5.69 Å². The van der Waals surface area contributed by atoms with Crippen molar-refractivity contribution in [3.05, 3.63) is 41.4 Å². The minimum Gasteiger partial charge on any atom is -0.384 e. The van der Waals surface area contributed by atoms with Crippen LogP contribution in [0, 0.1) is 6.92 Å². The molecule has 0 aromatic heterocycles. The van der Waals surface area contributed by atoms with Crippen molar-refractivity contribution < 1.29 is 4.79 Å². The van der Waals surface area contributed by atoms with Crippen molar-refractivity contribution >= 4 is 23.2 Å². The monoisotopic (exact) mass is 252 g/mol. The topological polar surface area (TPSA) is 41.1 Å². The zero-order chi connectivity index (χ0) is 12.7. The number of rotatable bonds is 6. The molecule has 92 valence electrons. The predicted molar refractivity (Wildman–Crippen MR) is 72.5 cm³/mol. The Labute approximate surface area is 107 Å². The molecule has 1 rings (SSSR count). The molecule has 0 spiro atoms. The SMILES string of the molecule is C=CCNC(=O)CCNc1cccc(Cl)c1C. The maximum Gasteiger partial charge on any atom is 0.222 e. The van der Waals surface area contributed by atoms with Crippen LogP contribution < -0.4 is 10.6 Å². The van der Waals surface area contributed by atoms with Crippen molar-refractivity contribution in [1.82, 2.24) is 5.32 Å². The third-order valence-electron chi connectivity index (χ3n) is 2.38. The summed E-state index contributed by atoms with van der Waals surface area (Å²) >= 11 is 5.99. The third-order valence-corrected chi connectivity index (χ3v) is 2.79. The first kappa shape index (κ1) is 13.6. The van der Waals surface area contributed by atoms with Crippen molar-refractivity contribution in [2.24, 2.45) is 0 Å². The van der Waals surface area contributed by atoms with Gasteiger partial charge >= 0.3 is 0 Å². The summed E-state index contributed by atoms with van der Waals surface area (Å²) in [6.07, 6.45) is 2.09. The molecule has 0 heterocycles. The van der Waals surface area contributed by atoms with Crippen LogP contribution in [-0.2, 0) is 4.79 Å². The second-order valence-electron chi connectivity index (χ2n) is 3.68. The number of anilines is 1. The van der Waals surface area contributed by atoms with E-state index in [4.69, 9.17) is 11.6 Å². The van der Waals surface area contributed by atoms with Crippen LogP contribution in [0.1, 0.15) is 12.0 Å². The average Bonchev–Trinajstić information content (AvgIpc) is 2.32. The molecule has 2 N–H and O–H groups in total. The van der Waals surface area contributed by atoms with Crippen LogP contribution >= 0.6 is 11.6 Å². The van der Waals surface area contributed by atoms with Crippen LogP contribution in [0.5, 0.6) is 0 Å². The van der Waals surface area contributed by atoms with Crippen molar-refractivity contribution in [2.75, 3.05) is 18.4 Å². The Bertz CT molecular complexity index is 404. The summed E-state index contributed by atoms with van der Waals surface area (Å²) < 4.78 is 0. The van der Waals surface area contributed by atoms with E-state index in [2.05, 4.69) is 17.2 Å². The number of amides is 1. The van der Waals surface area contributed by atoms with Crippen LogP contribution in [0.3, 0.4) is 0 Å². The van der Waals surface area contributed by atoms with Gasteiger partial charge in [0.25, 0.3) is 0 Å². The van der Waals surface area contributed by atoms with Gasteiger partial charge in [0.05, 0.1) is 0 Å². The molecule has 0 fully saturated rings. The number of halogens is 1. The van der Waals surface area contributed by atoms with Crippen LogP contribution in [0.15, 0.2) is 30.9 Å². The molecule has 0 radical (unpaired) electrons. The van der Waals surface area contributed by atoms with Crippen molar-refractivity contribution in [2.45, 2.75) is 13.3 Å². The van der Waals surface area contributed by atoms with Gasteiger partial charge in [-0.05, 0) is 24.6 Å². The second kappa shape index (κ2) is 6.97. The Balaban J connectivity index is 2.38. The molecule has 0 saturated heterocycles. The van der Waals surface area contributed by atoms with Gasteiger partial charge in [-0.25, -0.2) is 0 Å². The zero-order valence-corrected chi connectivity index (χ0v) is 10.7. The van der Waals surface area contributed by atoms with Gasteiger partial charge in [-0.2, -0.15) is 0 Å². The van der Waals surface area contributed by atoms with Crippen molar-refractivity contribution in [3.8, 4) is 0 Å². The van der Waals surface area contributed by atoms with E-state index in [0.29, 0.717) is 19.5 Å². The van der Waals surface area contributed by atoms with Crippen molar-refractivity contribution in [3.63, 3.8) is 0 Å². The molecule has 4 heteroatoms. The maximum atomic E-state index is 11.3. The molecule has 1 aromatic rings. The average molecular weight is 253 g/mol. The van der Waals surface area contributed by atoms with E-state index >= 15 is 0 Å². The van der Waals surface area contributed by atoms with Gasteiger partial charge in [0, 0.05) is 30.2 Å². The quantitative estimate of drug-likeness (QED) is 0.765. The molecule has 0 bridgehead atoms. The number of benzene rings is 1. The molecular weight excluding hydrogens is 236 g/mol. The Kier molecular flexibility index (Phi) is 5.57. The van der Waals surface area contributed by atoms with Gasteiger partial charge in [-0.15, -0.1) is 6.58 Å². The highest BCUT2D eigenvalue weighted by atomic mass is 35.5. The lowest BCUT2D eigenvalue weighted by molar-refractivity contribution is -0.120. The number of nitrogens with one attached hydrogen (secondary N) is 2. The lowest BCUT2D eigenvalue weighted by Crippen LogP contribution is -2.25. The van der Waals surface area contributed by atoms with Gasteiger partial charge in [0.2, 0.25) is 5.91 Å². The second-order valence-corrected chi connectivity index (χ2v) is 4.09. The fourth-order valence-electron chi connectivity index (χ4n) is 1.38. The molecule has 1 amide bonds. The van der Waals surface area contributed by atoms with Gasteiger partial charge in [0.1, 0.15) is 0 Å². The Morgan fingerprint density at radius 3 is 3.00 bits per heavy atom. The molecule has 0 aliphatic carbocycles. The first-order valence-electron chi connectivity index (χ1n) is 5.51. The fourth-order valence-corrected chi connectivity index (χ4v) is 1.56. The van der Waals surface area contributed by atoms with E-state index in [1.165, 1.54) is 0 Å². The van der Waals surface area contributed by atoms with Gasteiger partial charge in [0.15, 0.2) is 0 Å². The normalized spacial score (nSPS) is 9.76. The summed E-state index contributed by atoms with van der Waals surface area (Å²) in [6, 6.07) is 5.68. The predicted octanol–water partition coefficient (Wildman–Crippen LogP) is 2.75. The summed E-state index contributed by atoms with van der Waals surface area (Å²) in [5.74, 6) is 0.0112. The third kappa shape index (κ3) is 4.49.